The van der Waals surface area contributed by atoms with E-state index in [0.717, 1.165) is 0 Å². The molecule has 1 atom stereocenters. The number of benzene rings is 2. The Morgan fingerprint density at radius 2 is 1.88 bits per heavy atom. The number of anilines is 1. The molecule has 2 aromatic carbocycles. The van der Waals surface area contributed by atoms with Gasteiger partial charge in [-0.15, -0.1) is 0 Å². The molecule has 0 spiro atoms. The first kappa shape index (κ1) is 17.6. The van der Waals surface area contributed by atoms with Crippen molar-refractivity contribution in [2.45, 2.75) is 6.10 Å². The molecule has 3 N–H and O–H groups in total. The molecule has 0 bridgehead atoms. The van der Waals surface area contributed by atoms with Crippen LogP contribution in [-0.4, -0.2) is 38.7 Å². The maximum absolute atomic E-state index is 13.1. The van der Waals surface area contributed by atoms with Crippen LogP contribution in [-0.2, 0) is 4.79 Å². The third-order valence-corrected chi connectivity index (χ3v) is 4.08. The highest BCUT2D eigenvalue weighted by molar-refractivity contribution is 6.08. The minimum absolute atomic E-state index is 0.0349. The summed E-state index contributed by atoms with van der Waals surface area (Å²) in [5.41, 5.74) is 3.03. The summed E-state index contributed by atoms with van der Waals surface area (Å²) in [6.45, 7) is 0.0349. The Morgan fingerprint density at radius 3 is 2.58 bits per heavy atom. The Kier molecular flexibility index (Phi) is 4.94. The second-order valence-electron chi connectivity index (χ2n) is 5.57. The van der Waals surface area contributed by atoms with Crippen molar-refractivity contribution in [1.82, 2.24) is 5.43 Å². The Labute approximate surface area is 150 Å². The maximum Gasteiger partial charge on any atom is 0.276 e. The largest absolute Gasteiger partial charge is 0.493 e. The average Bonchev–Trinajstić information content (AvgIpc) is 2.71. The molecule has 1 aliphatic heterocycles. The number of hydrazine groups is 1. The molecular weight excluding hydrogens is 338 g/mol. The third-order valence-electron chi connectivity index (χ3n) is 4.08. The van der Waals surface area contributed by atoms with Gasteiger partial charge in [-0.3, -0.25) is 15.0 Å². The Hall–Kier alpha value is -3.26. The molecule has 0 radical (unpaired) electrons. The number of carbonyl (C=O) groups is 2. The van der Waals surface area contributed by atoms with Crippen molar-refractivity contribution in [1.29, 1.82) is 0 Å². The van der Waals surface area contributed by atoms with E-state index in [9.17, 15) is 9.59 Å². The number of fused-ring (bicyclic) bond motifs is 1. The molecule has 0 aromatic heterocycles. The molecule has 0 aliphatic carbocycles. The molecular formula is C18H19N3O5. The number of amides is 2. The quantitative estimate of drug-likeness (QED) is 0.483. The average molecular weight is 357 g/mol. The number of hydrogen-bond donors (Lipinski definition) is 2. The summed E-state index contributed by atoms with van der Waals surface area (Å²) in [6, 6.07) is 11.9. The number of methoxy groups -OCH3 is 2. The number of nitrogens with one attached hydrogen (secondary N) is 1. The Morgan fingerprint density at radius 1 is 1.15 bits per heavy atom. The zero-order chi connectivity index (χ0) is 18.7. The number of hydrogen-bond acceptors (Lipinski definition) is 6. The number of nitrogens with two attached hydrogens (primary N) is 1. The molecule has 0 fully saturated rings. The summed E-state index contributed by atoms with van der Waals surface area (Å²) in [6.07, 6.45) is -0.904. The lowest BCUT2D eigenvalue weighted by atomic mass is 10.1. The van der Waals surface area contributed by atoms with Gasteiger partial charge >= 0.3 is 0 Å². The molecule has 2 amide bonds. The smallest absolute Gasteiger partial charge is 0.276 e. The van der Waals surface area contributed by atoms with E-state index in [0.29, 0.717) is 28.5 Å². The van der Waals surface area contributed by atoms with E-state index in [4.69, 9.17) is 20.1 Å². The highest BCUT2D eigenvalue weighted by Crippen LogP contribution is 2.35. The summed E-state index contributed by atoms with van der Waals surface area (Å²) in [4.78, 5) is 26.5. The van der Waals surface area contributed by atoms with Gasteiger partial charge < -0.3 is 19.1 Å². The van der Waals surface area contributed by atoms with Gasteiger partial charge in [0.25, 0.3) is 11.8 Å². The second kappa shape index (κ2) is 7.32. The van der Waals surface area contributed by atoms with Crippen LogP contribution in [0.25, 0.3) is 0 Å². The molecule has 3 rings (SSSR count). The van der Waals surface area contributed by atoms with Gasteiger partial charge in [0.2, 0.25) is 0 Å². The predicted molar refractivity (Wildman–Crippen MR) is 94.4 cm³/mol. The number of carbonyl (C=O) groups excluding carboxylic acids is 2. The zero-order valence-corrected chi connectivity index (χ0v) is 14.4. The highest BCUT2D eigenvalue weighted by Gasteiger charge is 2.34. The summed E-state index contributed by atoms with van der Waals surface area (Å²) in [5, 5.41) is 0. The predicted octanol–water partition coefficient (Wildman–Crippen LogP) is 1.10. The van der Waals surface area contributed by atoms with E-state index in [1.807, 2.05) is 0 Å². The number of para-hydroxylation sites is 2. The van der Waals surface area contributed by atoms with Crippen LogP contribution in [0.2, 0.25) is 0 Å². The van der Waals surface area contributed by atoms with Crippen LogP contribution in [0, 0.1) is 0 Å². The van der Waals surface area contributed by atoms with Gasteiger partial charge in [0.1, 0.15) is 5.75 Å². The van der Waals surface area contributed by atoms with Crippen molar-refractivity contribution in [3.63, 3.8) is 0 Å². The lowest BCUT2D eigenvalue weighted by Gasteiger charge is -2.34. The van der Waals surface area contributed by atoms with Gasteiger partial charge in [-0.05, 0) is 30.3 Å². The molecule has 0 saturated carbocycles. The van der Waals surface area contributed by atoms with E-state index in [1.54, 1.807) is 42.5 Å². The van der Waals surface area contributed by atoms with E-state index in [-0.39, 0.29) is 12.5 Å². The van der Waals surface area contributed by atoms with Crippen molar-refractivity contribution < 1.29 is 23.8 Å². The fourth-order valence-electron chi connectivity index (χ4n) is 2.78. The van der Waals surface area contributed by atoms with Crippen molar-refractivity contribution in [3.05, 3.63) is 48.0 Å². The molecule has 0 unspecified atom stereocenters. The van der Waals surface area contributed by atoms with Crippen LogP contribution < -0.4 is 30.4 Å². The first-order valence-electron chi connectivity index (χ1n) is 7.89. The van der Waals surface area contributed by atoms with Crippen LogP contribution in [0.4, 0.5) is 5.69 Å². The Bertz CT molecular complexity index is 839. The highest BCUT2D eigenvalue weighted by atomic mass is 16.5. The first-order valence-corrected chi connectivity index (χ1v) is 7.89. The molecule has 26 heavy (non-hydrogen) atoms. The normalized spacial score (nSPS) is 15.5. The van der Waals surface area contributed by atoms with E-state index < -0.39 is 12.0 Å². The standard InChI is InChI=1S/C18H19N3O5/c1-24-14-8-7-11(9-15(14)25-2)18(23)21-10-16(17(22)20-19)26-13-6-4-3-5-12(13)21/h3-9,16H,10,19H2,1-2H3,(H,20,22)/t16-/m1/s1. The molecule has 0 saturated heterocycles. The van der Waals surface area contributed by atoms with Crippen molar-refractivity contribution in [2.24, 2.45) is 5.84 Å². The molecule has 1 aliphatic rings. The number of nitrogens with zero attached hydrogens (tertiary/aromatic N) is 1. The molecule has 8 nitrogen and oxygen atoms in total. The number of ether oxygens (including phenoxy) is 3. The molecule has 2 aromatic rings. The van der Waals surface area contributed by atoms with Gasteiger partial charge in [-0.25, -0.2) is 5.84 Å². The van der Waals surface area contributed by atoms with E-state index in [2.05, 4.69) is 5.43 Å². The van der Waals surface area contributed by atoms with E-state index in [1.165, 1.54) is 19.1 Å². The second-order valence-corrected chi connectivity index (χ2v) is 5.57. The van der Waals surface area contributed by atoms with Crippen LogP contribution >= 0.6 is 0 Å². The number of rotatable bonds is 4. The van der Waals surface area contributed by atoms with Crippen molar-refractivity contribution in [3.8, 4) is 17.2 Å². The lowest BCUT2D eigenvalue weighted by Crippen LogP contribution is -2.52. The zero-order valence-electron chi connectivity index (χ0n) is 14.4. The molecule has 8 heteroatoms. The van der Waals surface area contributed by atoms with Gasteiger partial charge in [0, 0.05) is 5.56 Å². The SMILES string of the molecule is COc1ccc(C(=O)N2C[C@H](C(=O)NN)Oc3ccccc32)cc1OC. The minimum Gasteiger partial charge on any atom is -0.493 e. The summed E-state index contributed by atoms with van der Waals surface area (Å²) >= 11 is 0. The lowest BCUT2D eigenvalue weighted by molar-refractivity contribution is -0.127. The summed E-state index contributed by atoms with van der Waals surface area (Å²) in [5.74, 6) is 5.80. The van der Waals surface area contributed by atoms with Gasteiger partial charge in [0.15, 0.2) is 17.6 Å². The monoisotopic (exact) mass is 357 g/mol. The van der Waals surface area contributed by atoms with Gasteiger partial charge in [-0.1, -0.05) is 12.1 Å². The van der Waals surface area contributed by atoms with Gasteiger partial charge in [0.05, 0.1) is 26.5 Å². The summed E-state index contributed by atoms with van der Waals surface area (Å²) < 4.78 is 16.1. The summed E-state index contributed by atoms with van der Waals surface area (Å²) in [7, 11) is 3.02. The van der Waals surface area contributed by atoms with Crippen LogP contribution in [0.3, 0.4) is 0 Å². The molecule has 136 valence electrons. The first-order chi connectivity index (χ1) is 12.6. The third kappa shape index (κ3) is 3.14. The van der Waals surface area contributed by atoms with Crippen LogP contribution in [0.15, 0.2) is 42.5 Å². The molecule has 1 heterocycles. The van der Waals surface area contributed by atoms with Gasteiger partial charge in [-0.2, -0.15) is 0 Å². The Balaban J connectivity index is 1.98. The topological polar surface area (TPSA) is 103 Å². The van der Waals surface area contributed by atoms with E-state index >= 15 is 0 Å². The van der Waals surface area contributed by atoms with Crippen molar-refractivity contribution in [2.75, 3.05) is 25.7 Å². The maximum atomic E-state index is 13.1. The fourth-order valence-corrected chi connectivity index (χ4v) is 2.78. The fraction of sp³-hybridized carbons (Fsp3) is 0.222. The van der Waals surface area contributed by atoms with Crippen LogP contribution in [0.1, 0.15) is 10.4 Å². The van der Waals surface area contributed by atoms with Crippen molar-refractivity contribution >= 4 is 17.5 Å². The minimum atomic E-state index is -0.904. The van der Waals surface area contributed by atoms with Crippen LogP contribution in [0.5, 0.6) is 17.2 Å².